The second kappa shape index (κ2) is 6.37. The van der Waals surface area contributed by atoms with E-state index in [0.29, 0.717) is 0 Å². The van der Waals surface area contributed by atoms with Crippen molar-refractivity contribution in [3.8, 4) is 0 Å². The Labute approximate surface area is 128 Å². The number of aryl methyl sites for hydroxylation is 3. The fourth-order valence-corrected chi connectivity index (χ4v) is 3.32. The smallest absolute Gasteiger partial charge is 0.140 e. The van der Waals surface area contributed by atoms with E-state index in [1.54, 1.807) is 11.3 Å². The van der Waals surface area contributed by atoms with Crippen molar-refractivity contribution in [2.45, 2.75) is 33.4 Å². The lowest BCUT2D eigenvalue weighted by Crippen LogP contribution is -2.11. The Hall–Kier alpha value is -1.72. The molecule has 0 aliphatic carbocycles. The van der Waals surface area contributed by atoms with Gasteiger partial charge in [-0.25, -0.2) is 9.97 Å². The molecule has 3 aromatic rings. The molecule has 0 aliphatic rings. The van der Waals surface area contributed by atoms with Crippen molar-refractivity contribution >= 4 is 22.4 Å². The van der Waals surface area contributed by atoms with Gasteiger partial charge in [-0.1, -0.05) is 6.92 Å². The van der Waals surface area contributed by atoms with E-state index in [0.717, 1.165) is 37.4 Å². The molecule has 3 heterocycles. The lowest BCUT2D eigenvalue weighted by atomic mass is 10.2. The zero-order chi connectivity index (χ0) is 14.7. The number of hydrogen-bond acceptors (Lipinski definition) is 4. The first kappa shape index (κ1) is 14.2. The Morgan fingerprint density at radius 3 is 3.00 bits per heavy atom. The van der Waals surface area contributed by atoms with Gasteiger partial charge in [0.05, 0.1) is 11.2 Å². The second-order valence-electron chi connectivity index (χ2n) is 5.11. The largest absolute Gasteiger partial charge is 0.332 e. The zero-order valence-corrected chi connectivity index (χ0v) is 13.3. The minimum atomic E-state index is 0.894. The topological polar surface area (TPSA) is 42.7 Å². The number of pyridine rings is 1. The van der Waals surface area contributed by atoms with E-state index in [1.165, 1.54) is 15.8 Å². The van der Waals surface area contributed by atoms with Crippen LogP contribution < -0.4 is 5.32 Å². The van der Waals surface area contributed by atoms with Crippen molar-refractivity contribution in [1.82, 2.24) is 19.9 Å². The summed E-state index contributed by atoms with van der Waals surface area (Å²) in [5, 5.41) is 4.65. The molecule has 0 atom stereocenters. The molecule has 0 saturated carbocycles. The van der Waals surface area contributed by atoms with Crippen LogP contribution in [0.25, 0.3) is 11.0 Å². The molecular formula is C16H20N4S. The van der Waals surface area contributed by atoms with Gasteiger partial charge in [0.2, 0.25) is 0 Å². The predicted molar refractivity (Wildman–Crippen MR) is 87.7 cm³/mol. The van der Waals surface area contributed by atoms with Gasteiger partial charge < -0.3 is 9.88 Å². The minimum absolute atomic E-state index is 0.894. The first-order valence-electron chi connectivity index (χ1n) is 7.32. The molecule has 3 aromatic heterocycles. The molecule has 0 radical (unpaired) electrons. The maximum absolute atomic E-state index is 4.56. The number of nitrogens with one attached hydrogen (secondary N) is 1. The van der Waals surface area contributed by atoms with Crippen LogP contribution in [0.2, 0.25) is 0 Å². The van der Waals surface area contributed by atoms with Gasteiger partial charge in [0.15, 0.2) is 0 Å². The molecule has 110 valence electrons. The van der Waals surface area contributed by atoms with E-state index in [4.69, 9.17) is 0 Å². The maximum Gasteiger partial charge on any atom is 0.140 e. The quantitative estimate of drug-likeness (QED) is 0.760. The summed E-state index contributed by atoms with van der Waals surface area (Å²) in [4.78, 5) is 10.2. The van der Waals surface area contributed by atoms with E-state index >= 15 is 0 Å². The number of fused-ring (bicyclic) bond motifs is 1. The van der Waals surface area contributed by atoms with E-state index in [2.05, 4.69) is 46.0 Å². The number of aromatic nitrogens is 3. The van der Waals surface area contributed by atoms with Crippen molar-refractivity contribution in [3.63, 3.8) is 0 Å². The van der Waals surface area contributed by atoms with Crippen LogP contribution in [-0.4, -0.2) is 21.1 Å². The third-order valence-electron chi connectivity index (χ3n) is 3.71. The van der Waals surface area contributed by atoms with Crippen molar-refractivity contribution < 1.29 is 0 Å². The number of nitrogens with zero attached hydrogens (tertiary/aromatic N) is 3. The van der Waals surface area contributed by atoms with Crippen molar-refractivity contribution in [2.24, 2.45) is 0 Å². The summed E-state index contributed by atoms with van der Waals surface area (Å²) in [5.41, 5.74) is 5.47. The molecule has 0 aromatic carbocycles. The number of rotatable bonds is 6. The van der Waals surface area contributed by atoms with Gasteiger partial charge in [-0.3, -0.25) is 0 Å². The third kappa shape index (κ3) is 2.99. The second-order valence-corrected chi connectivity index (χ2v) is 6.05. The highest BCUT2D eigenvalue weighted by Crippen LogP contribution is 2.21. The van der Waals surface area contributed by atoms with Crippen LogP contribution in [0.4, 0.5) is 0 Å². The molecule has 0 saturated heterocycles. The Balaban J connectivity index is 1.86. The molecule has 5 heteroatoms. The summed E-state index contributed by atoms with van der Waals surface area (Å²) in [5.74, 6) is 0. The Morgan fingerprint density at radius 2 is 2.24 bits per heavy atom. The molecule has 4 nitrogen and oxygen atoms in total. The van der Waals surface area contributed by atoms with Gasteiger partial charge in [-0.05, 0) is 31.2 Å². The van der Waals surface area contributed by atoms with Crippen LogP contribution in [0.5, 0.6) is 0 Å². The van der Waals surface area contributed by atoms with Gasteiger partial charge in [0, 0.05) is 42.2 Å². The van der Waals surface area contributed by atoms with E-state index in [1.807, 2.05) is 17.8 Å². The molecule has 1 N–H and O–H groups in total. The van der Waals surface area contributed by atoms with Gasteiger partial charge in [-0.2, -0.15) is 0 Å². The highest BCUT2D eigenvalue weighted by atomic mass is 32.1. The lowest BCUT2D eigenvalue weighted by molar-refractivity contribution is 0.700. The molecule has 0 spiro atoms. The van der Waals surface area contributed by atoms with Crippen molar-refractivity contribution in [2.75, 3.05) is 6.54 Å². The number of hydrogen-bond donors (Lipinski definition) is 1. The zero-order valence-electron chi connectivity index (χ0n) is 12.5. The summed E-state index contributed by atoms with van der Waals surface area (Å²) in [7, 11) is 0. The molecule has 0 bridgehead atoms. The Morgan fingerprint density at radius 1 is 1.33 bits per heavy atom. The van der Waals surface area contributed by atoms with Crippen molar-refractivity contribution in [1.29, 1.82) is 0 Å². The summed E-state index contributed by atoms with van der Waals surface area (Å²) >= 11 is 1.74. The highest BCUT2D eigenvalue weighted by Gasteiger charge is 2.10. The summed E-state index contributed by atoms with van der Waals surface area (Å²) in [6, 6.07) is 4.17. The highest BCUT2D eigenvalue weighted by molar-refractivity contribution is 7.09. The Kier molecular flexibility index (Phi) is 4.31. The standard InChI is InChI=1S/C16H20N4S/c1-3-17-9-13-10-20(16-14(13)5-4-7-18-16)8-6-15-12(2)19-11-21-15/h4-5,7,10-11,17H,3,6,8-9H2,1-2H3. The van der Waals surface area contributed by atoms with E-state index in [9.17, 15) is 0 Å². The van der Waals surface area contributed by atoms with Crippen LogP contribution in [0, 0.1) is 6.92 Å². The van der Waals surface area contributed by atoms with Gasteiger partial charge in [-0.15, -0.1) is 11.3 Å². The maximum atomic E-state index is 4.56. The van der Waals surface area contributed by atoms with Crippen LogP contribution in [0.15, 0.2) is 30.0 Å². The fourth-order valence-electron chi connectivity index (χ4n) is 2.55. The van der Waals surface area contributed by atoms with Crippen LogP contribution in [-0.2, 0) is 19.5 Å². The SMILES string of the molecule is CCNCc1cn(CCc2scnc2C)c2ncccc12. The number of thiazole rings is 1. The van der Waals surface area contributed by atoms with E-state index in [-0.39, 0.29) is 0 Å². The molecular weight excluding hydrogens is 280 g/mol. The van der Waals surface area contributed by atoms with Crippen molar-refractivity contribution in [3.05, 3.63) is 46.2 Å². The molecule has 0 unspecified atom stereocenters. The fraction of sp³-hybridized carbons (Fsp3) is 0.375. The van der Waals surface area contributed by atoms with E-state index < -0.39 is 0 Å². The van der Waals surface area contributed by atoms with Crippen LogP contribution in [0.3, 0.4) is 0 Å². The average molecular weight is 300 g/mol. The van der Waals surface area contributed by atoms with Gasteiger partial charge in [0.1, 0.15) is 5.65 Å². The van der Waals surface area contributed by atoms with Crippen LogP contribution in [0.1, 0.15) is 23.1 Å². The van der Waals surface area contributed by atoms with Crippen LogP contribution >= 0.6 is 11.3 Å². The first-order chi connectivity index (χ1) is 10.3. The molecule has 21 heavy (non-hydrogen) atoms. The molecule has 0 amide bonds. The Bertz CT molecular complexity index is 729. The summed E-state index contributed by atoms with van der Waals surface area (Å²) in [6.45, 7) is 7.03. The average Bonchev–Trinajstić information content (AvgIpc) is 3.07. The normalized spacial score (nSPS) is 11.3. The molecule has 3 rings (SSSR count). The lowest BCUT2D eigenvalue weighted by Gasteiger charge is -2.03. The van der Waals surface area contributed by atoms with Gasteiger partial charge >= 0.3 is 0 Å². The monoisotopic (exact) mass is 300 g/mol. The molecule has 0 aliphatic heterocycles. The van der Waals surface area contributed by atoms with Gasteiger partial charge in [0.25, 0.3) is 0 Å². The summed E-state index contributed by atoms with van der Waals surface area (Å²) in [6.07, 6.45) is 5.11. The summed E-state index contributed by atoms with van der Waals surface area (Å²) < 4.78 is 2.27. The minimum Gasteiger partial charge on any atom is -0.332 e. The third-order valence-corrected chi connectivity index (χ3v) is 4.70. The first-order valence-corrected chi connectivity index (χ1v) is 8.20. The predicted octanol–water partition coefficient (Wildman–Crippen LogP) is 3.15. The molecule has 0 fully saturated rings.